The molecular formula is C15H25N3O2S. The average Bonchev–Trinajstić information content (AvgIpc) is 2.53. The number of nitrogens with two attached hydrogens (primary N) is 1. The van der Waals surface area contributed by atoms with Crippen LogP contribution in [0.1, 0.15) is 30.4 Å². The summed E-state index contributed by atoms with van der Waals surface area (Å²) < 4.78 is 5.21. The summed E-state index contributed by atoms with van der Waals surface area (Å²) in [5.41, 5.74) is 7.36. The molecule has 0 saturated heterocycles. The zero-order valence-electron chi connectivity index (χ0n) is 12.8. The van der Waals surface area contributed by atoms with Gasteiger partial charge in [-0.3, -0.25) is 0 Å². The van der Waals surface area contributed by atoms with Gasteiger partial charge in [-0.2, -0.15) is 11.8 Å². The van der Waals surface area contributed by atoms with Crippen LogP contribution in [0.2, 0.25) is 0 Å². The highest BCUT2D eigenvalue weighted by atomic mass is 32.2. The van der Waals surface area contributed by atoms with E-state index in [0.717, 1.165) is 18.7 Å². The molecule has 0 radical (unpaired) electrons. The maximum atomic E-state index is 8.81. The number of methoxy groups -OCH3 is 1. The third-order valence-corrected chi connectivity index (χ3v) is 3.88. The van der Waals surface area contributed by atoms with E-state index in [2.05, 4.69) is 16.7 Å². The quantitative estimate of drug-likeness (QED) is 0.203. The fourth-order valence-electron chi connectivity index (χ4n) is 2.03. The Hall–Kier alpha value is -1.40. The van der Waals surface area contributed by atoms with Crippen molar-refractivity contribution in [3.63, 3.8) is 0 Å². The normalized spacial score (nSPS) is 11.6. The Kier molecular flexibility index (Phi) is 8.69. The molecule has 21 heavy (non-hydrogen) atoms. The van der Waals surface area contributed by atoms with Crippen molar-refractivity contribution in [2.45, 2.75) is 25.8 Å². The van der Waals surface area contributed by atoms with Gasteiger partial charge in [0.25, 0.3) is 0 Å². The molecule has 5 nitrogen and oxygen atoms in total. The second-order valence-corrected chi connectivity index (χ2v) is 5.74. The maximum Gasteiger partial charge on any atom is 0.173 e. The van der Waals surface area contributed by atoms with Crippen LogP contribution in [0.15, 0.2) is 23.4 Å². The summed E-state index contributed by atoms with van der Waals surface area (Å²) in [6.45, 7) is 1.76. The molecule has 1 aromatic rings. The number of unbranched alkanes of at least 4 members (excludes halogenated alkanes) is 2. The summed E-state index contributed by atoms with van der Waals surface area (Å²) in [6.07, 6.45) is 5.86. The van der Waals surface area contributed by atoms with Gasteiger partial charge in [-0.15, -0.1) is 0 Å². The van der Waals surface area contributed by atoms with Gasteiger partial charge in [-0.05, 0) is 49.1 Å². The highest BCUT2D eigenvalue weighted by molar-refractivity contribution is 7.98. The van der Waals surface area contributed by atoms with Gasteiger partial charge in [-0.1, -0.05) is 17.6 Å². The summed E-state index contributed by atoms with van der Waals surface area (Å²) in [6, 6.07) is 5.70. The SMILES string of the molecule is COc1ccc(CNCCCCCSC)cc1/C(N)=N/O. The third kappa shape index (κ3) is 6.27. The van der Waals surface area contributed by atoms with Crippen molar-refractivity contribution in [2.24, 2.45) is 10.9 Å². The van der Waals surface area contributed by atoms with Crippen molar-refractivity contribution in [1.29, 1.82) is 0 Å². The third-order valence-electron chi connectivity index (χ3n) is 3.18. The number of nitrogens with one attached hydrogen (secondary N) is 1. The van der Waals surface area contributed by atoms with E-state index in [1.807, 2.05) is 30.0 Å². The molecule has 0 aromatic heterocycles. The first-order valence-electron chi connectivity index (χ1n) is 7.07. The first-order chi connectivity index (χ1) is 10.2. The van der Waals surface area contributed by atoms with Crippen molar-refractivity contribution in [3.05, 3.63) is 29.3 Å². The molecule has 4 N–H and O–H groups in total. The molecular weight excluding hydrogens is 286 g/mol. The van der Waals surface area contributed by atoms with E-state index in [1.54, 1.807) is 7.11 Å². The summed E-state index contributed by atoms with van der Waals surface area (Å²) >= 11 is 1.90. The fourth-order valence-corrected chi connectivity index (χ4v) is 2.52. The number of hydrogen-bond acceptors (Lipinski definition) is 5. The van der Waals surface area contributed by atoms with E-state index < -0.39 is 0 Å². The van der Waals surface area contributed by atoms with Gasteiger partial charge in [0.2, 0.25) is 0 Å². The topological polar surface area (TPSA) is 79.9 Å². The fraction of sp³-hybridized carbons (Fsp3) is 0.533. The molecule has 0 saturated carbocycles. The van der Waals surface area contributed by atoms with Gasteiger partial charge in [0.05, 0.1) is 12.7 Å². The molecule has 0 heterocycles. The minimum absolute atomic E-state index is 0.0609. The Bertz CT molecular complexity index is 453. The molecule has 0 aliphatic heterocycles. The van der Waals surface area contributed by atoms with Crippen molar-refractivity contribution in [2.75, 3.05) is 25.7 Å². The van der Waals surface area contributed by atoms with Crippen LogP contribution >= 0.6 is 11.8 Å². The minimum Gasteiger partial charge on any atom is -0.496 e. The minimum atomic E-state index is 0.0609. The highest BCUT2D eigenvalue weighted by Gasteiger charge is 2.08. The van der Waals surface area contributed by atoms with Crippen LogP contribution in [0, 0.1) is 0 Å². The van der Waals surface area contributed by atoms with E-state index in [1.165, 1.54) is 25.0 Å². The Morgan fingerprint density at radius 3 is 2.86 bits per heavy atom. The van der Waals surface area contributed by atoms with Gasteiger partial charge >= 0.3 is 0 Å². The molecule has 0 spiro atoms. The van der Waals surface area contributed by atoms with E-state index in [4.69, 9.17) is 15.7 Å². The average molecular weight is 311 g/mol. The monoisotopic (exact) mass is 311 g/mol. The molecule has 0 unspecified atom stereocenters. The number of amidine groups is 1. The van der Waals surface area contributed by atoms with E-state index in [9.17, 15) is 0 Å². The van der Waals surface area contributed by atoms with E-state index >= 15 is 0 Å². The Labute approximate surface area is 130 Å². The first kappa shape index (κ1) is 17.7. The van der Waals surface area contributed by atoms with Crippen LogP contribution in [-0.4, -0.2) is 36.7 Å². The molecule has 1 aromatic carbocycles. The standard InChI is InChI=1S/C15H25N3O2S/c1-20-14-7-6-12(10-13(14)15(16)18-19)11-17-8-4-3-5-9-21-2/h6-7,10,17,19H,3-5,8-9,11H2,1-2H3,(H2,16,18). The van der Waals surface area contributed by atoms with Crippen molar-refractivity contribution < 1.29 is 9.94 Å². The van der Waals surface area contributed by atoms with Gasteiger partial charge in [0, 0.05) is 6.54 Å². The molecule has 0 fully saturated rings. The van der Waals surface area contributed by atoms with Crippen molar-refractivity contribution in [3.8, 4) is 5.75 Å². The first-order valence-corrected chi connectivity index (χ1v) is 8.46. The molecule has 0 atom stereocenters. The summed E-state index contributed by atoms with van der Waals surface area (Å²) in [5.74, 6) is 1.90. The lowest BCUT2D eigenvalue weighted by molar-refractivity contribution is 0.318. The smallest absolute Gasteiger partial charge is 0.173 e. The van der Waals surface area contributed by atoms with Crippen LogP contribution in [-0.2, 0) is 6.54 Å². The van der Waals surface area contributed by atoms with E-state index in [0.29, 0.717) is 11.3 Å². The molecule has 118 valence electrons. The molecule has 0 amide bonds. The van der Waals surface area contributed by atoms with Crippen LogP contribution in [0.3, 0.4) is 0 Å². The molecule has 1 rings (SSSR count). The van der Waals surface area contributed by atoms with Crippen molar-refractivity contribution >= 4 is 17.6 Å². The molecule has 0 aliphatic rings. The van der Waals surface area contributed by atoms with Gasteiger partial charge in [0.15, 0.2) is 5.84 Å². The number of rotatable bonds is 10. The van der Waals surface area contributed by atoms with Crippen LogP contribution in [0.25, 0.3) is 0 Å². The predicted molar refractivity (Wildman–Crippen MR) is 89.4 cm³/mol. The van der Waals surface area contributed by atoms with E-state index in [-0.39, 0.29) is 5.84 Å². The molecule has 0 bridgehead atoms. The van der Waals surface area contributed by atoms with Crippen LogP contribution < -0.4 is 15.8 Å². The Balaban J connectivity index is 2.45. The predicted octanol–water partition coefficient (Wildman–Crippen LogP) is 2.41. The van der Waals surface area contributed by atoms with Crippen LogP contribution in [0.4, 0.5) is 0 Å². The molecule has 0 aliphatic carbocycles. The summed E-state index contributed by atoms with van der Waals surface area (Å²) in [7, 11) is 1.57. The second kappa shape index (κ2) is 10.3. The summed E-state index contributed by atoms with van der Waals surface area (Å²) in [4.78, 5) is 0. The zero-order chi connectivity index (χ0) is 15.5. The zero-order valence-corrected chi connectivity index (χ0v) is 13.6. The lowest BCUT2D eigenvalue weighted by Gasteiger charge is -2.10. The number of thioether (sulfide) groups is 1. The van der Waals surface area contributed by atoms with Gasteiger partial charge in [0.1, 0.15) is 5.75 Å². The number of hydrogen-bond donors (Lipinski definition) is 3. The highest BCUT2D eigenvalue weighted by Crippen LogP contribution is 2.19. The number of nitrogens with zero attached hydrogens (tertiary/aromatic N) is 1. The van der Waals surface area contributed by atoms with Gasteiger partial charge in [-0.25, -0.2) is 0 Å². The molecule has 6 heteroatoms. The number of ether oxygens (including phenoxy) is 1. The number of benzene rings is 1. The largest absolute Gasteiger partial charge is 0.496 e. The lowest BCUT2D eigenvalue weighted by atomic mass is 10.1. The van der Waals surface area contributed by atoms with Crippen LogP contribution in [0.5, 0.6) is 5.75 Å². The Morgan fingerprint density at radius 1 is 1.38 bits per heavy atom. The number of oxime groups is 1. The summed E-state index contributed by atoms with van der Waals surface area (Å²) in [5, 5.41) is 15.3. The van der Waals surface area contributed by atoms with Gasteiger partial charge < -0.3 is 21.0 Å². The second-order valence-electron chi connectivity index (χ2n) is 4.75. The van der Waals surface area contributed by atoms with Crippen molar-refractivity contribution in [1.82, 2.24) is 5.32 Å². The lowest BCUT2D eigenvalue weighted by Crippen LogP contribution is -2.17. The Morgan fingerprint density at radius 2 is 2.19 bits per heavy atom. The maximum absolute atomic E-state index is 8.81.